The lowest BCUT2D eigenvalue weighted by Gasteiger charge is -2.28. The number of nitrogens with one attached hydrogen (secondary N) is 2. The van der Waals surface area contributed by atoms with Gasteiger partial charge in [0.15, 0.2) is 0 Å². The smallest absolute Gasteiger partial charge is 0.387 e. The van der Waals surface area contributed by atoms with Crippen LogP contribution in [0.25, 0.3) is 11.1 Å². The number of carbonyl (C=O) groups is 2. The first kappa shape index (κ1) is 22.5. The second-order valence-electron chi connectivity index (χ2n) is 7.32. The first-order chi connectivity index (χ1) is 14.7. The van der Waals surface area contributed by atoms with Gasteiger partial charge in [0, 0.05) is 36.1 Å². The van der Waals surface area contributed by atoms with Crippen LogP contribution >= 0.6 is 0 Å². The normalized spacial score (nSPS) is 18.5. The molecule has 2 atom stereocenters. The van der Waals surface area contributed by atoms with Gasteiger partial charge in [0.2, 0.25) is 11.8 Å². The van der Waals surface area contributed by atoms with Crippen LogP contribution < -0.4 is 15.4 Å². The number of halogens is 4. The first-order valence-corrected chi connectivity index (χ1v) is 9.71. The summed E-state index contributed by atoms with van der Waals surface area (Å²) in [7, 11) is 0. The highest BCUT2D eigenvalue weighted by atomic mass is 19.3. The van der Waals surface area contributed by atoms with Gasteiger partial charge in [-0.15, -0.1) is 0 Å². The van der Waals surface area contributed by atoms with Crippen molar-refractivity contribution in [3.63, 3.8) is 0 Å². The Labute approximate surface area is 176 Å². The van der Waals surface area contributed by atoms with Crippen molar-refractivity contribution in [3.8, 4) is 16.9 Å². The van der Waals surface area contributed by atoms with Crippen molar-refractivity contribution in [1.29, 1.82) is 0 Å². The summed E-state index contributed by atoms with van der Waals surface area (Å²) in [6.45, 7) is -1.82. The van der Waals surface area contributed by atoms with E-state index in [9.17, 15) is 27.2 Å². The summed E-state index contributed by atoms with van der Waals surface area (Å²) in [5.41, 5.74) is -0.291. The molecule has 1 fully saturated rings. The number of benzene rings is 1. The minimum absolute atomic E-state index is 0.00960. The number of carbonyl (C=O) groups excluding carboxylic acids is 2. The largest absolute Gasteiger partial charge is 0.434 e. The first-order valence-electron chi connectivity index (χ1n) is 9.71. The fourth-order valence-electron chi connectivity index (χ4n) is 3.70. The van der Waals surface area contributed by atoms with Crippen molar-refractivity contribution in [2.45, 2.75) is 45.3 Å². The molecule has 1 saturated carbocycles. The Morgan fingerprint density at radius 1 is 1.16 bits per heavy atom. The zero-order valence-electron chi connectivity index (χ0n) is 16.6. The Kier molecular flexibility index (Phi) is 7.09. The number of ether oxygens (including phenoxy) is 1. The molecule has 166 valence electrons. The lowest BCUT2D eigenvalue weighted by Crippen LogP contribution is -2.40. The summed E-state index contributed by atoms with van der Waals surface area (Å²) in [5, 5.41) is 5.41. The predicted octanol–water partition coefficient (Wildman–Crippen LogP) is 4.26. The fourth-order valence-corrected chi connectivity index (χ4v) is 3.70. The maximum atomic E-state index is 14.4. The molecule has 2 amide bonds. The van der Waals surface area contributed by atoms with E-state index in [0.29, 0.717) is 12.8 Å². The van der Waals surface area contributed by atoms with Crippen LogP contribution in [0, 0.1) is 17.6 Å². The second-order valence-corrected chi connectivity index (χ2v) is 7.32. The third kappa shape index (κ3) is 5.93. The van der Waals surface area contributed by atoms with Crippen LogP contribution in [0.3, 0.4) is 0 Å². The van der Waals surface area contributed by atoms with Crippen molar-refractivity contribution < 1.29 is 31.9 Å². The molecule has 1 heterocycles. The number of aromatic nitrogens is 1. The maximum Gasteiger partial charge on any atom is 0.387 e. The monoisotopic (exact) mass is 439 g/mol. The number of pyridine rings is 1. The number of amides is 2. The average molecular weight is 439 g/mol. The van der Waals surface area contributed by atoms with Crippen LogP contribution in [-0.2, 0) is 9.59 Å². The van der Waals surface area contributed by atoms with Gasteiger partial charge in [0.25, 0.3) is 0 Å². The molecule has 1 aliphatic rings. The van der Waals surface area contributed by atoms with Gasteiger partial charge < -0.3 is 15.4 Å². The van der Waals surface area contributed by atoms with Crippen LogP contribution in [0.15, 0.2) is 30.5 Å². The van der Waals surface area contributed by atoms with Gasteiger partial charge in [0.1, 0.15) is 23.2 Å². The number of hydrogen-bond donors (Lipinski definition) is 2. The van der Waals surface area contributed by atoms with E-state index < -0.39 is 24.0 Å². The van der Waals surface area contributed by atoms with E-state index in [2.05, 4.69) is 20.4 Å². The molecule has 0 bridgehead atoms. The van der Waals surface area contributed by atoms with Crippen molar-refractivity contribution in [2.75, 3.05) is 5.32 Å². The minimum Gasteiger partial charge on any atom is -0.434 e. The second kappa shape index (κ2) is 9.76. The SMILES string of the molecule is CC(=O)N[C@@H]1CCC[C@H](C(=O)Nc2cc(-c3ccc(F)cc3OC(F)F)c(F)cn2)C1. The quantitative estimate of drug-likeness (QED) is 0.659. The molecular weight excluding hydrogens is 418 g/mol. The molecule has 10 heteroatoms. The van der Waals surface area contributed by atoms with Gasteiger partial charge in [-0.3, -0.25) is 9.59 Å². The van der Waals surface area contributed by atoms with E-state index in [1.54, 1.807) is 0 Å². The summed E-state index contributed by atoms with van der Waals surface area (Å²) in [4.78, 5) is 27.8. The van der Waals surface area contributed by atoms with Crippen molar-refractivity contribution in [1.82, 2.24) is 10.3 Å². The van der Waals surface area contributed by atoms with Crippen LogP contribution in [0.5, 0.6) is 5.75 Å². The van der Waals surface area contributed by atoms with E-state index >= 15 is 0 Å². The van der Waals surface area contributed by atoms with E-state index in [1.165, 1.54) is 13.0 Å². The zero-order valence-corrected chi connectivity index (χ0v) is 16.6. The van der Waals surface area contributed by atoms with Crippen LogP contribution in [0.4, 0.5) is 23.4 Å². The third-order valence-electron chi connectivity index (χ3n) is 5.01. The van der Waals surface area contributed by atoms with E-state index in [-0.39, 0.29) is 40.7 Å². The molecule has 31 heavy (non-hydrogen) atoms. The van der Waals surface area contributed by atoms with Gasteiger partial charge >= 0.3 is 6.61 Å². The molecule has 0 unspecified atom stereocenters. The number of anilines is 1. The van der Waals surface area contributed by atoms with Crippen LogP contribution in [0.2, 0.25) is 0 Å². The van der Waals surface area contributed by atoms with Crippen molar-refractivity contribution in [3.05, 3.63) is 42.1 Å². The van der Waals surface area contributed by atoms with Gasteiger partial charge in [-0.25, -0.2) is 13.8 Å². The summed E-state index contributed by atoms with van der Waals surface area (Å²) in [5.74, 6) is -3.09. The zero-order chi connectivity index (χ0) is 22.5. The molecule has 0 spiro atoms. The molecule has 6 nitrogen and oxygen atoms in total. The minimum atomic E-state index is -3.23. The Bertz CT molecular complexity index is 971. The molecule has 2 aromatic rings. The number of hydrogen-bond acceptors (Lipinski definition) is 4. The summed E-state index contributed by atoms with van der Waals surface area (Å²) in [6.07, 6.45) is 3.46. The van der Waals surface area contributed by atoms with Crippen molar-refractivity contribution in [2.24, 2.45) is 5.92 Å². The van der Waals surface area contributed by atoms with Crippen molar-refractivity contribution >= 4 is 17.6 Å². The number of alkyl halides is 2. The Morgan fingerprint density at radius 2 is 1.94 bits per heavy atom. The number of nitrogens with zero attached hydrogens (tertiary/aromatic N) is 1. The molecule has 3 rings (SSSR count). The molecule has 2 N–H and O–H groups in total. The fraction of sp³-hybridized carbons (Fsp3) is 0.381. The third-order valence-corrected chi connectivity index (χ3v) is 5.01. The number of rotatable bonds is 6. The van der Waals surface area contributed by atoms with Gasteiger partial charge in [-0.1, -0.05) is 6.42 Å². The van der Waals surface area contributed by atoms with E-state index in [0.717, 1.165) is 37.2 Å². The lowest BCUT2D eigenvalue weighted by atomic mass is 9.85. The topological polar surface area (TPSA) is 80.3 Å². The van der Waals surface area contributed by atoms with E-state index in [4.69, 9.17) is 0 Å². The highest BCUT2D eigenvalue weighted by Crippen LogP contribution is 2.34. The molecule has 1 aromatic heterocycles. The summed E-state index contributed by atoms with van der Waals surface area (Å²) >= 11 is 0. The lowest BCUT2D eigenvalue weighted by molar-refractivity contribution is -0.123. The molecule has 0 aliphatic heterocycles. The molecule has 0 saturated heterocycles. The van der Waals surface area contributed by atoms with Crippen LogP contribution in [0.1, 0.15) is 32.6 Å². The Morgan fingerprint density at radius 3 is 2.65 bits per heavy atom. The standard InChI is InChI=1S/C21H21F4N3O3/c1-11(29)27-14-4-2-3-12(7-14)20(30)28-19-9-16(17(23)10-26-19)15-6-5-13(22)8-18(15)31-21(24)25/h5-6,8-10,12,14,21H,2-4,7H2,1H3,(H,27,29)(H,26,28,30)/t12-,14+/m0/s1. The Hall–Kier alpha value is -3.17. The highest BCUT2D eigenvalue weighted by Gasteiger charge is 2.28. The molecular formula is C21H21F4N3O3. The molecule has 1 aliphatic carbocycles. The van der Waals surface area contributed by atoms with Crippen LogP contribution in [-0.4, -0.2) is 29.5 Å². The molecule has 0 radical (unpaired) electrons. The van der Waals surface area contributed by atoms with Gasteiger partial charge in [0.05, 0.1) is 6.20 Å². The van der Waals surface area contributed by atoms with Gasteiger partial charge in [-0.2, -0.15) is 8.78 Å². The summed E-state index contributed by atoms with van der Waals surface area (Å²) < 4.78 is 57.5. The summed E-state index contributed by atoms with van der Waals surface area (Å²) in [6, 6.07) is 3.88. The Balaban J connectivity index is 1.80. The average Bonchev–Trinajstić information content (AvgIpc) is 2.69. The van der Waals surface area contributed by atoms with Gasteiger partial charge in [-0.05, 0) is 37.5 Å². The molecule has 1 aromatic carbocycles. The van der Waals surface area contributed by atoms with E-state index in [1.807, 2.05) is 0 Å². The predicted molar refractivity (Wildman–Crippen MR) is 104 cm³/mol. The highest BCUT2D eigenvalue weighted by molar-refractivity contribution is 5.92. The maximum absolute atomic E-state index is 14.4.